The molecule has 0 radical (unpaired) electrons. The Kier molecular flexibility index (Phi) is 2.10. The normalized spacial score (nSPS) is 30.2. The maximum Gasteiger partial charge on any atom is 0.265 e. The van der Waals surface area contributed by atoms with Gasteiger partial charge < -0.3 is 4.90 Å². The van der Waals surface area contributed by atoms with Gasteiger partial charge in [0.15, 0.2) is 0 Å². The molecule has 1 heterocycles. The minimum Gasteiger partial charge on any atom is -0.300 e. The van der Waals surface area contributed by atoms with Crippen molar-refractivity contribution < 1.29 is 8.78 Å². The molecule has 4 heteroatoms. The van der Waals surface area contributed by atoms with Gasteiger partial charge in [0, 0.05) is 18.9 Å². The van der Waals surface area contributed by atoms with Gasteiger partial charge in [0.05, 0.1) is 12.6 Å². The van der Waals surface area contributed by atoms with E-state index < -0.39 is 11.8 Å². The lowest BCUT2D eigenvalue weighted by atomic mass is 10.0. The van der Waals surface area contributed by atoms with E-state index in [0.717, 1.165) is 0 Å². The lowest BCUT2D eigenvalue weighted by Crippen LogP contribution is -2.26. The molecule has 11 heavy (non-hydrogen) atoms. The van der Waals surface area contributed by atoms with Gasteiger partial charge in [0.1, 0.15) is 0 Å². The molecule has 2 nitrogen and oxygen atoms in total. The summed E-state index contributed by atoms with van der Waals surface area (Å²) in [5, 5.41) is 8.24. The zero-order chi connectivity index (χ0) is 8.48. The lowest BCUT2D eigenvalue weighted by molar-refractivity contribution is -0.0242. The summed E-state index contributed by atoms with van der Waals surface area (Å²) in [5.74, 6) is -3.43. The quantitative estimate of drug-likeness (QED) is 0.574. The average Bonchev–Trinajstić information content (AvgIpc) is 2.07. The minimum atomic E-state index is -2.66. The maximum absolute atomic E-state index is 12.9. The fourth-order valence-corrected chi connectivity index (χ4v) is 1.39. The average molecular weight is 160 g/mol. The Morgan fingerprint density at radius 1 is 1.73 bits per heavy atom. The second-order valence-corrected chi connectivity index (χ2v) is 3.02. The fraction of sp³-hybridized carbons (Fsp3) is 0.857. The Bertz CT molecular complexity index is 185. The standard InChI is InChI=1S/C7H10F2N2/c1-11-4-6(2-3-10)7(8,9)5-11/h6H,2,4-5H2,1H3. The highest BCUT2D eigenvalue weighted by Gasteiger charge is 2.46. The van der Waals surface area contributed by atoms with Crippen LogP contribution in [0.5, 0.6) is 0 Å². The van der Waals surface area contributed by atoms with Crippen LogP contribution in [0, 0.1) is 17.2 Å². The summed E-state index contributed by atoms with van der Waals surface area (Å²) in [6, 6.07) is 1.78. The van der Waals surface area contributed by atoms with Gasteiger partial charge in [0.25, 0.3) is 5.92 Å². The molecule has 0 N–H and O–H groups in total. The first-order valence-corrected chi connectivity index (χ1v) is 3.49. The van der Waals surface area contributed by atoms with Crippen molar-refractivity contribution in [3.63, 3.8) is 0 Å². The van der Waals surface area contributed by atoms with Crippen LogP contribution in [-0.2, 0) is 0 Å². The van der Waals surface area contributed by atoms with Crippen LogP contribution in [-0.4, -0.2) is 31.0 Å². The van der Waals surface area contributed by atoms with E-state index in [4.69, 9.17) is 5.26 Å². The van der Waals surface area contributed by atoms with Crippen LogP contribution in [0.25, 0.3) is 0 Å². The van der Waals surface area contributed by atoms with E-state index >= 15 is 0 Å². The first-order chi connectivity index (χ1) is 5.06. The van der Waals surface area contributed by atoms with Crippen molar-refractivity contribution in [2.75, 3.05) is 20.1 Å². The number of likely N-dealkylation sites (tertiary alicyclic amines) is 1. The Labute approximate surface area is 64.4 Å². The predicted octanol–water partition coefficient (Wildman–Crippen LogP) is 1.10. The summed E-state index contributed by atoms with van der Waals surface area (Å²) in [6.07, 6.45) is -0.0443. The molecule has 0 amide bonds. The summed E-state index contributed by atoms with van der Waals surface area (Å²) in [4.78, 5) is 1.56. The van der Waals surface area contributed by atoms with Crippen molar-refractivity contribution in [2.24, 2.45) is 5.92 Å². The molecule has 0 aromatic rings. The molecule has 0 bridgehead atoms. The van der Waals surface area contributed by atoms with Crippen LogP contribution < -0.4 is 0 Å². The zero-order valence-corrected chi connectivity index (χ0v) is 6.35. The molecule has 1 aliphatic rings. The van der Waals surface area contributed by atoms with Crippen LogP contribution in [0.1, 0.15) is 6.42 Å². The fourth-order valence-electron chi connectivity index (χ4n) is 1.39. The summed E-state index contributed by atoms with van der Waals surface area (Å²) in [5.41, 5.74) is 0. The third-order valence-electron chi connectivity index (χ3n) is 1.95. The highest BCUT2D eigenvalue weighted by molar-refractivity contribution is 4.93. The van der Waals surface area contributed by atoms with E-state index in [1.165, 1.54) is 0 Å². The van der Waals surface area contributed by atoms with Gasteiger partial charge in [-0.25, -0.2) is 8.78 Å². The third-order valence-corrected chi connectivity index (χ3v) is 1.95. The lowest BCUT2D eigenvalue weighted by Gasteiger charge is -2.13. The van der Waals surface area contributed by atoms with Gasteiger partial charge in [-0.15, -0.1) is 0 Å². The number of alkyl halides is 2. The largest absolute Gasteiger partial charge is 0.300 e. The number of rotatable bonds is 1. The molecule has 0 aliphatic carbocycles. The summed E-state index contributed by atoms with van der Waals surface area (Å²) >= 11 is 0. The summed E-state index contributed by atoms with van der Waals surface area (Å²) in [6.45, 7) is 0.125. The Hall–Kier alpha value is -0.690. The van der Waals surface area contributed by atoms with Gasteiger partial charge in [-0.1, -0.05) is 0 Å². The Balaban J connectivity index is 2.60. The molecular weight excluding hydrogens is 150 g/mol. The number of halogens is 2. The second-order valence-electron chi connectivity index (χ2n) is 3.02. The Morgan fingerprint density at radius 3 is 2.73 bits per heavy atom. The van der Waals surface area contributed by atoms with Crippen LogP contribution >= 0.6 is 0 Å². The minimum absolute atomic E-state index is 0.0443. The van der Waals surface area contributed by atoms with E-state index in [1.54, 1.807) is 18.0 Å². The van der Waals surface area contributed by atoms with Gasteiger partial charge >= 0.3 is 0 Å². The SMILES string of the molecule is CN1CC(CC#N)C(F)(F)C1. The second kappa shape index (κ2) is 2.74. The van der Waals surface area contributed by atoms with Crippen LogP contribution in [0.3, 0.4) is 0 Å². The molecule has 0 aromatic heterocycles. The maximum atomic E-state index is 12.9. The number of hydrogen-bond donors (Lipinski definition) is 0. The molecule has 1 atom stereocenters. The highest BCUT2D eigenvalue weighted by Crippen LogP contribution is 2.33. The van der Waals surface area contributed by atoms with E-state index in [-0.39, 0.29) is 13.0 Å². The smallest absolute Gasteiger partial charge is 0.265 e. The Morgan fingerprint density at radius 2 is 2.36 bits per heavy atom. The number of hydrogen-bond acceptors (Lipinski definition) is 2. The first kappa shape index (κ1) is 8.41. The van der Waals surface area contributed by atoms with Crippen molar-refractivity contribution in [2.45, 2.75) is 12.3 Å². The van der Waals surface area contributed by atoms with Gasteiger partial charge in [0.2, 0.25) is 0 Å². The predicted molar refractivity (Wildman–Crippen MR) is 36.2 cm³/mol. The van der Waals surface area contributed by atoms with Gasteiger partial charge in [-0.3, -0.25) is 0 Å². The molecule has 1 rings (SSSR count). The van der Waals surface area contributed by atoms with Gasteiger partial charge in [-0.05, 0) is 7.05 Å². The molecule has 1 fully saturated rings. The molecule has 1 saturated heterocycles. The van der Waals surface area contributed by atoms with Crippen molar-refractivity contribution in [1.82, 2.24) is 4.90 Å². The summed E-state index contributed by atoms with van der Waals surface area (Å²) in [7, 11) is 1.64. The highest BCUT2D eigenvalue weighted by atomic mass is 19.3. The van der Waals surface area contributed by atoms with Crippen molar-refractivity contribution in [1.29, 1.82) is 5.26 Å². The zero-order valence-electron chi connectivity index (χ0n) is 6.35. The van der Waals surface area contributed by atoms with Crippen molar-refractivity contribution >= 4 is 0 Å². The van der Waals surface area contributed by atoms with E-state index in [9.17, 15) is 8.78 Å². The summed E-state index contributed by atoms with van der Waals surface area (Å²) < 4.78 is 25.7. The van der Waals surface area contributed by atoms with E-state index in [1.807, 2.05) is 0 Å². The van der Waals surface area contributed by atoms with Crippen molar-refractivity contribution in [3.8, 4) is 6.07 Å². The molecule has 1 aliphatic heterocycles. The number of nitrogens with zero attached hydrogens (tertiary/aromatic N) is 2. The van der Waals surface area contributed by atoms with E-state index in [0.29, 0.717) is 6.54 Å². The number of nitriles is 1. The monoisotopic (exact) mass is 160 g/mol. The molecule has 0 spiro atoms. The van der Waals surface area contributed by atoms with Crippen LogP contribution in [0.2, 0.25) is 0 Å². The topological polar surface area (TPSA) is 27.0 Å². The van der Waals surface area contributed by atoms with E-state index in [2.05, 4.69) is 0 Å². The molecule has 62 valence electrons. The van der Waals surface area contributed by atoms with Gasteiger partial charge in [-0.2, -0.15) is 5.26 Å². The van der Waals surface area contributed by atoms with Crippen LogP contribution in [0.4, 0.5) is 8.78 Å². The van der Waals surface area contributed by atoms with Crippen LogP contribution in [0.15, 0.2) is 0 Å². The third kappa shape index (κ3) is 1.66. The molecule has 0 saturated carbocycles. The molecular formula is C7H10F2N2. The molecule has 0 aromatic carbocycles. The van der Waals surface area contributed by atoms with Crippen molar-refractivity contribution in [3.05, 3.63) is 0 Å². The molecule has 1 unspecified atom stereocenters. The first-order valence-electron chi connectivity index (χ1n) is 3.49.